The van der Waals surface area contributed by atoms with Crippen LogP contribution in [0.2, 0.25) is 0 Å². The molecule has 0 unspecified atom stereocenters. The monoisotopic (exact) mass is 572 g/mol. The standard InChI is InChI=1S/C31H44N2O8/c1-4-39-23(2)20-38-21-24-6-9-26(10-7-24)31(36)12-14-33(30(34)35)19-29(31)41-22-25-8-11-28-27(18-25)32(15-17-40-28)13-5-16-37-3/h6-11,18,23,29,36H,4-5,12-17,19-22H2,1-3H3,(H,34,35)/t23-,29+,31+/m1/s1. The maximum absolute atomic E-state index is 11.9. The zero-order valence-electron chi connectivity index (χ0n) is 24.4. The maximum atomic E-state index is 11.9. The second-order valence-electron chi connectivity index (χ2n) is 10.7. The lowest BCUT2D eigenvalue weighted by atomic mass is 9.81. The van der Waals surface area contributed by atoms with Crippen LogP contribution in [0.25, 0.3) is 0 Å². The van der Waals surface area contributed by atoms with Crippen LogP contribution in [0.4, 0.5) is 10.5 Å². The summed E-state index contributed by atoms with van der Waals surface area (Å²) < 4.78 is 28.7. The molecule has 0 aromatic heterocycles. The molecule has 2 heterocycles. The van der Waals surface area contributed by atoms with Crippen LogP contribution in [0, 0.1) is 0 Å². The summed E-state index contributed by atoms with van der Waals surface area (Å²) in [5.74, 6) is 0.833. The van der Waals surface area contributed by atoms with Gasteiger partial charge >= 0.3 is 6.09 Å². The highest BCUT2D eigenvalue weighted by Crippen LogP contribution is 2.37. The molecule has 0 aliphatic carbocycles. The minimum atomic E-state index is -1.33. The summed E-state index contributed by atoms with van der Waals surface area (Å²) in [4.78, 5) is 15.4. The molecule has 4 rings (SSSR count). The molecule has 2 aromatic carbocycles. The van der Waals surface area contributed by atoms with Crippen molar-refractivity contribution in [2.24, 2.45) is 0 Å². The molecule has 1 saturated heterocycles. The van der Waals surface area contributed by atoms with Crippen LogP contribution in [0.1, 0.15) is 43.4 Å². The lowest BCUT2D eigenvalue weighted by molar-refractivity contribution is -0.152. The Morgan fingerprint density at radius 3 is 2.66 bits per heavy atom. The molecule has 2 aliphatic heterocycles. The average Bonchev–Trinajstić information content (AvgIpc) is 2.97. The number of likely N-dealkylation sites (tertiary alicyclic amines) is 1. The lowest BCUT2D eigenvalue weighted by Gasteiger charge is -2.43. The third kappa shape index (κ3) is 8.11. The van der Waals surface area contributed by atoms with Crippen molar-refractivity contribution in [2.45, 2.75) is 57.7 Å². The van der Waals surface area contributed by atoms with Crippen molar-refractivity contribution in [1.82, 2.24) is 4.90 Å². The normalized spacial score (nSPS) is 21.3. The fourth-order valence-corrected chi connectivity index (χ4v) is 5.41. The second-order valence-corrected chi connectivity index (χ2v) is 10.7. The number of hydrogen-bond acceptors (Lipinski definition) is 8. The highest BCUT2D eigenvalue weighted by atomic mass is 16.5. The van der Waals surface area contributed by atoms with Gasteiger partial charge < -0.3 is 43.7 Å². The second kappa shape index (κ2) is 14.8. The van der Waals surface area contributed by atoms with Crippen LogP contribution in [-0.4, -0.2) is 93.1 Å². The van der Waals surface area contributed by atoms with Crippen LogP contribution in [-0.2, 0) is 37.8 Å². The number of rotatable bonds is 14. The Kier molecular flexibility index (Phi) is 11.2. The van der Waals surface area contributed by atoms with E-state index in [-0.39, 0.29) is 32.2 Å². The minimum Gasteiger partial charge on any atom is -0.490 e. The summed E-state index contributed by atoms with van der Waals surface area (Å²) in [5.41, 5.74) is 2.27. The number of carbonyl (C=O) groups is 1. The number of ether oxygens (including phenoxy) is 5. The molecule has 10 heteroatoms. The zero-order chi connectivity index (χ0) is 29.2. The summed E-state index contributed by atoms with van der Waals surface area (Å²) in [6, 6.07) is 13.6. The van der Waals surface area contributed by atoms with Gasteiger partial charge in [0.05, 0.1) is 44.7 Å². The predicted molar refractivity (Wildman–Crippen MR) is 155 cm³/mol. The van der Waals surface area contributed by atoms with Gasteiger partial charge in [-0.05, 0) is 49.1 Å². The van der Waals surface area contributed by atoms with Crippen LogP contribution >= 0.6 is 0 Å². The van der Waals surface area contributed by atoms with E-state index in [1.54, 1.807) is 7.11 Å². The van der Waals surface area contributed by atoms with Crippen molar-refractivity contribution in [3.63, 3.8) is 0 Å². The van der Waals surface area contributed by atoms with Gasteiger partial charge in [-0.2, -0.15) is 0 Å². The molecule has 1 fully saturated rings. The van der Waals surface area contributed by atoms with E-state index < -0.39 is 17.8 Å². The Balaban J connectivity index is 1.45. The Labute approximate surface area is 242 Å². The zero-order valence-corrected chi connectivity index (χ0v) is 24.4. The van der Waals surface area contributed by atoms with Crippen LogP contribution in [0.3, 0.4) is 0 Å². The van der Waals surface area contributed by atoms with E-state index in [4.69, 9.17) is 23.7 Å². The highest BCUT2D eigenvalue weighted by Gasteiger charge is 2.45. The molecule has 226 valence electrons. The highest BCUT2D eigenvalue weighted by molar-refractivity contribution is 5.65. The van der Waals surface area contributed by atoms with Gasteiger partial charge in [-0.15, -0.1) is 0 Å². The van der Waals surface area contributed by atoms with Gasteiger partial charge in [0.25, 0.3) is 0 Å². The summed E-state index contributed by atoms with van der Waals surface area (Å²) in [7, 11) is 1.70. The molecule has 1 amide bonds. The van der Waals surface area contributed by atoms with E-state index >= 15 is 0 Å². The number of aliphatic hydroxyl groups is 1. The van der Waals surface area contributed by atoms with Crippen molar-refractivity contribution in [1.29, 1.82) is 0 Å². The molecule has 2 aliphatic rings. The Hall–Kier alpha value is -2.89. The Bertz CT molecular complexity index is 1110. The molecule has 0 radical (unpaired) electrons. The van der Waals surface area contributed by atoms with Gasteiger partial charge in [0, 0.05) is 39.8 Å². The van der Waals surface area contributed by atoms with E-state index in [9.17, 15) is 15.0 Å². The topological polar surface area (TPSA) is 110 Å². The van der Waals surface area contributed by atoms with Gasteiger partial charge in [0.15, 0.2) is 0 Å². The van der Waals surface area contributed by atoms with Gasteiger partial charge in [0.1, 0.15) is 24.1 Å². The molecule has 0 saturated carbocycles. The molecule has 0 spiro atoms. The smallest absolute Gasteiger partial charge is 0.407 e. The van der Waals surface area contributed by atoms with Crippen LogP contribution in [0.5, 0.6) is 5.75 Å². The van der Waals surface area contributed by atoms with Crippen LogP contribution < -0.4 is 9.64 Å². The number of fused-ring (bicyclic) bond motifs is 1. The van der Waals surface area contributed by atoms with Crippen LogP contribution in [0.15, 0.2) is 42.5 Å². The van der Waals surface area contributed by atoms with E-state index in [1.807, 2.05) is 50.2 Å². The van der Waals surface area contributed by atoms with Crippen molar-refractivity contribution >= 4 is 11.8 Å². The molecule has 2 N–H and O–H groups in total. The molecular weight excluding hydrogens is 528 g/mol. The SMILES string of the molecule is CCO[C@H](C)COCc1ccc([C@@]2(O)CCN(C(=O)O)C[C@@H]2OCc2ccc3c(c2)N(CCCOC)CCO3)cc1. The maximum Gasteiger partial charge on any atom is 0.407 e. The van der Waals surface area contributed by atoms with Gasteiger partial charge in [-0.25, -0.2) is 4.79 Å². The summed E-state index contributed by atoms with van der Waals surface area (Å²) in [6.45, 7) is 9.01. The Morgan fingerprint density at radius 1 is 1.15 bits per heavy atom. The summed E-state index contributed by atoms with van der Waals surface area (Å²) in [6.07, 6.45) is -0.595. The number of carboxylic acid groups (broad SMARTS) is 1. The average molecular weight is 573 g/mol. The van der Waals surface area contributed by atoms with Crippen molar-refractivity contribution in [3.8, 4) is 5.75 Å². The van der Waals surface area contributed by atoms with E-state index in [0.717, 1.165) is 42.1 Å². The minimum absolute atomic E-state index is 0.0266. The fraction of sp³-hybridized carbons (Fsp3) is 0.581. The first kappa shape index (κ1) is 31.1. The van der Waals surface area contributed by atoms with E-state index in [2.05, 4.69) is 11.0 Å². The number of benzene rings is 2. The van der Waals surface area contributed by atoms with Gasteiger partial charge in [-0.1, -0.05) is 30.3 Å². The lowest BCUT2D eigenvalue weighted by Crippen LogP contribution is -2.55. The number of piperidine rings is 1. The number of amides is 1. The van der Waals surface area contributed by atoms with Crippen molar-refractivity contribution < 1.29 is 38.7 Å². The molecule has 0 bridgehead atoms. The number of hydrogen-bond donors (Lipinski definition) is 2. The van der Waals surface area contributed by atoms with Gasteiger partial charge in [-0.3, -0.25) is 0 Å². The molecular formula is C31H44N2O8. The molecule has 10 nitrogen and oxygen atoms in total. The summed E-state index contributed by atoms with van der Waals surface area (Å²) in [5, 5.41) is 21.6. The quantitative estimate of drug-likeness (QED) is 0.324. The van der Waals surface area contributed by atoms with Gasteiger partial charge in [0.2, 0.25) is 0 Å². The van der Waals surface area contributed by atoms with Crippen molar-refractivity contribution in [2.75, 3.05) is 64.6 Å². The predicted octanol–water partition coefficient (Wildman–Crippen LogP) is 4.02. The fourth-order valence-electron chi connectivity index (χ4n) is 5.41. The molecule has 3 atom stereocenters. The Morgan fingerprint density at radius 2 is 1.93 bits per heavy atom. The largest absolute Gasteiger partial charge is 0.490 e. The number of methoxy groups -OCH3 is 1. The third-order valence-corrected chi connectivity index (χ3v) is 7.69. The number of nitrogens with zero attached hydrogens (tertiary/aromatic N) is 2. The molecule has 2 aromatic rings. The first-order valence-corrected chi connectivity index (χ1v) is 14.4. The molecule has 41 heavy (non-hydrogen) atoms. The van der Waals surface area contributed by atoms with E-state index in [1.165, 1.54) is 4.90 Å². The third-order valence-electron chi connectivity index (χ3n) is 7.69. The van der Waals surface area contributed by atoms with E-state index in [0.29, 0.717) is 38.6 Å². The summed E-state index contributed by atoms with van der Waals surface area (Å²) >= 11 is 0. The number of anilines is 1. The first-order chi connectivity index (χ1) is 19.8. The van der Waals surface area contributed by atoms with Crippen molar-refractivity contribution in [3.05, 3.63) is 59.2 Å². The first-order valence-electron chi connectivity index (χ1n) is 14.4.